The Morgan fingerprint density at radius 3 is 2.60 bits per heavy atom. The molecule has 1 fully saturated rings. The van der Waals surface area contributed by atoms with Gasteiger partial charge in [-0.15, -0.1) is 0 Å². The van der Waals surface area contributed by atoms with Gasteiger partial charge in [0.25, 0.3) is 0 Å². The summed E-state index contributed by atoms with van der Waals surface area (Å²) in [5, 5.41) is 14.7. The molecule has 0 spiro atoms. The highest BCUT2D eigenvalue weighted by molar-refractivity contribution is 5.44. The van der Waals surface area contributed by atoms with Gasteiger partial charge in [0.05, 0.1) is 6.04 Å². The van der Waals surface area contributed by atoms with Gasteiger partial charge in [-0.25, -0.2) is 0 Å². The smallest absolute Gasteiger partial charge is 0.125 e. The van der Waals surface area contributed by atoms with Gasteiger partial charge >= 0.3 is 0 Å². The van der Waals surface area contributed by atoms with E-state index in [-0.39, 0.29) is 0 Å². The Labute approximate surface area is 150 Å². The molecule has 1 atom stereocenters. The second-order valence-corrected chi connectivity index (χ2v) is 7.14. The number of benzene rings is 1. The fourth-order valence-corrected chi connectivity index (χ4v) is 3.54. The van der Waals surface area contributed by atoms with Crippen LogP contribution in [0, 0.1) is 20.8 Å². The van der Waals surface area contributed by atoms with Crippen LogP contribution in [0.1, 0.15) is 35.6 Å². The lowest BCUT2D eigenvalue weighted by atomic mass is 10.0. The Hall–Kier alpha value is -1.85. The van der Waals surface area contributed by atoms with Crippen molar-refractivity contribution in [2.24, 2.45) is 0 Å². The number of hydrogen-bond donors (Lipinski definition) is 1. The van der Waals surface area contributed by atoms with Crippen molar-refractivity contribution in [1.29, 1.82) is 0 Å². The second-order valence-electron chi connectivity index (χ2n) is 7.14. The summed E-state index contributed by atoms with van der Waals surface area (Å²) in [6.45, 7) is 9.19. The molecule has 0 aliphatic carbocycles. The third-order valence-corrected chi connectivity index (χ3v) is 5.22. The Morgan fingerprint density at radius 1 is 1.20 bits per heavy atom. The third kappa shape index (κ3) is 4.41. The average Bonchev–Trinajstić information content (AvgIpc) is 3.13. The van der Waals surface area contributed by atoms with E-state index in [1.807, 2.05) is 25.4 Å². The lowest BCUT2D eigenvalue weighted by Crippen LogP contribution is -2.41. The standard InChI is InChI=1S/C20H29N3O2/c1-15-5-6-16(2)20(17(15)3)25-14-19(24)13-22-11-7-18(8-12-22)23-10-4-9-21-23/h4-6,9-10,18-19,24H,7-8,11-14H2,1-3H3. The van der Waals surface area contributed by atoms with Crippen LogP contribution in [0.3, 0.4) is 0 Å². The van der Waals surface area contributed by atoms with Crippen LogP contribution >= 0.6 is 0 Å². The van der Waals surface area contributed by atoms with Crippen molar-refractivity contribution >= 4 is 0 Å². The van der Waals surface area contributed by atoms with Crippen molar-refractivity contribution in [3.05, 3.63) is 47.3 Å². The molecular weight excluding hydrogens is 314 g/mol. The third-order valence-electron chi connectivity index (χ3n) is 5.22. The van der Waals surface area contributed by atoms with Crippen LogP contribution in [-0.2, 0) is 0 Å². The van der Waals surface area contributed by atoms with Gasteiger partial charge in [-0.2, -0.15) is 5.10 Å². The summed E-state index contributed by atoms with van der Waals surface area (Å²) in [4.78, 5) is 2.32. The zero-order valence-corrected chi connectivity index (χ0v) is 15.5. The summed E-state index contributed by atoms with van der Waals surface area (Å²) in [6, 6.07) is 6.64. The first-order chi connectivity index (χ1) is 12.0. The van der Waals surface area contributed by atoms with Crippen LogP contribution < -0.4 is 4.74 Å². The first kappa shape index (κ1) is 18.0. The van der Waals surface area contributed by atoms with E-state index in [0.717, 1.165) is 42.8 Å². The summed E-state index contributed by atoms with van der Waals surface area (Å²) >= 11 is 0. The normalized spacial score (nSPS) is 17.6. The van der Waals surface area contributed by atoms with E-state index < -0.39 is 6.10 Å². The Balaban J connectivity index is 1.46. The number of piperidine rings is 1. The lowest BCUT2D eigenvalue weighted by Gasteiger charge is -2.33. The zero-order chi connectivity index (χ0) is 17.8. The van der Waals surface area contributed by atoms with Crippen LogP contribution in [0.4, 0.5) is 0 Å². The molecule has 1 unspecified atom stereocenters. The molecule has 1 N–H and O–H groups in total. The molecule has 0 radical (unpaired) electrons. The second kappa shape index (κ2) is 8.02. The van der Waals surface area contributed by atoms with Crippen molar-refractivity contribution in [3.63, 3.8) is 0 Å². The monoisotopic (exact) mass is 343 g/mol. The highest BCUT2D eigenvalue weighted by atomic mass is 16.5. The van der Waals surface area contributed by atoms with Gasteiger partial charge in [0.1, 0.15) is 18.5 Å². The Kier molecular flexibility index (Phi) is 5.76. The first-order valence-corrected chi connectivity index (χ1v) is 9.13. The molecule has 5 heteroatoms. The van der Waals surface area contributed by atoms with E-state index in [4.69, 9.17) is 4.74 Å². The van der Waals surface area contributed by atoms with Gasteiger partial charge in [-0.05, 0) is 56.4 Å². The summed E-state index contributed by atoms with van der Waals surface area (Å²) in [5.41, 5.74) is 3.50. The molecule has 0 bridgehead atoms. The highest BCUT2D eigenvalue weighted by Crippen LogP contribution is 2.26. The molecule has 1 aliphatic rings. The Bertz CT molecular complexity index is 676. The summed E-state index contributed by atoms with van der Waals surface area (Å²) in [7, 11) is 0. The minimum atomic E-state index is -0.472. The van der Waals surface area contributed by atoms with Crippen molar-refractivity contribution in [2.45, 2.75) is 45.8 Å². The number of hydrogen-bond acceptors (Lipinski definition) is 4. The number of aryl methyl sites for hydroxylation is 2. The number of nitrogens with zero attached hydrogens (tertiary/aromatic N) is 3. The number of aliphatic hydroxyl groups is 1. The Morgan fingerprint density at radius 2 is 1.92 bits per heavy atom. The predicted octanol–water partition coefficient (Wildman–Crippen LogP) is 2.89. The molecule has 25 heavy (non-hydrogen) atoms. The van der Waals surface area contributed by atoms with Crippen LogP contribution in [0.25, 0.3) is 0 Å². The fraction of sp³-hybridized carbons (Fsp3) is 0.550. The number of aliphatic hydroxyl groups excluding tert-OH is 1. The van der Waals surface area contributed by atoms with Crippen molar-refractivity contribution in [1.82, 2.24) is 14.7 Å². The van der Waals surface area contributed by atoms with Gasteiger partial charge in [-0.1, -0.05) is 12.1 Å². The highest BCUT2D eigenvalue weighted by Gasteiger charge is 2.22. The summed E-state index contributed by atoms with van der Waals surface area (Å²) in [5.74, 6) is 0.913. The molecule has 1 aromatic carbocycles. The van der Waals surface area contributed by atoms with E-state index in [9.17, 15) is 5.11 Å². The number of rotatable bonds is 6. The zero-order valence-electron chi connectivity index (χ0n) is 15.5. The summed E-state index contributed by atoms with van der Waals surface area (Å²) < 4.78 is 8.00. The molecule has 0 saturated carbocycles. The molecule has 3 rings (SSSR count). The van der Waals surface area contributed by atoms with Gasteiger partial charge < -0.3 is 14.7 Å². The number of β-amino-alcohol motifs (C(OH)–C–C–N with tert-alkyl or cyclic N) is 1. The van der Waals surface area contributed by atoms with Crippen molar-refractivity contribution in [2.75, 3.05) is 26.2 Å². The van der Waals surface area contributed by atoms with Crippen LogP contribution in [0.2, 0.25) is 0 Å². The molecular formula is C20H29N3O2. The lowest BCUT2D eigenvalue weighted by molar-refractivity contribution is 0.0546. The van der Waals surface area contributed by atoms with Crippen LogP contribution in [0.5, 0.6) is 5.75 Å². The van der Waals surface area contributed by atoms with E-state index in [2.05, 4.69) is 40.7 Å². The van der Waals surface area contributed by atoms with Crippen molar-refractivity contribution < 1.29 is 9.84 Å². The number of aromatic nitrogens is 2. The maximum absolute atomic E-state index is 10.4. The predicted molar refractivity (Wildman–Crippen MR) is 99.1 cm³/mol. The van der Waals surface area contributed by atoms with E-state index >= 15 is 0 Å². The average molecular weight is 343 g/mol. The van der Waals surface area contributed by atoms with Crippen LogP contribution in [0.15, 0.2) is 30.6 Å². The summed E-state index contributed by atoms with van der Waals surface area (Å²) in [6.07, 6.45) is 5.55. The molecule has 2 heterocycles. The number of likely N-dealkylation sites (tertiary alicyclic amines) is 1. The first-order valence-electron chi connectivity index (χ1n) is 9.13. The van der Waals surface area contributed by atoms with E-state index in [1.165, 1.54) is 5.56 Å². The minimum Gasteiger partial charge on any atom is -0.490 e. The SMILES string of the molecule is Cc1ccc(C)c(OCC(O)CN2CCC(n3cccn3)CC2)c1C. The molecule has 0 amide bonds. The largest absolute Gasteiger partial charge is 0.490 e. The maximum Gasteiger partial charge on any atom is 0.125 e. The molecule has 5 nitrogen and oxygen atoms in total. The molecule has 1 aliphatic heterocycles. The molecule has 136 valence electrons. The van der Waals surface area contributed by atoms with Gasteiger partial charge in [-0.3, -0.25) is 4.68 Å². The van der Waals surface area contributed by atoms with Gasteiger partial charge in [0, 0.05) is 32.0 Å². The fourth-order valence-electron chi connectivity index (χ4n) is 3.54. The number of ether oxygens (including phenoxy) is 1. The van der Waals surface area contributed by atoms with Crippen LogP contribution in [-0.4, -0.2) is 52.1 Å². The molecule has 1 aromatic heterocycles. The minimum absolute atomic E-state index is 0.338. The van der Waals surface area contributed by atoms with E-state index in [0.29, 0.717) is 19.2 Å². The topological polar surface area (TPSA) is 50.5 Å². The van der Waals surface area contributed by atoms with Crippen molar-refractivity contribution in [3.8, 4) is 5.75 Å². The van der Waals surface area contributed by atoms with Gasteiger partial charge in [0.2, 0.25) is 0 Å². The molecule has 1 saturated heterocycles. The quantitative estimate of drug-likeness (QED) is 0.876. The molecule has 2 aromatic rings. The van der Waals surface area contributed by atoms with E-state index in [1.54, 1.807) is 0 Å². The van der Waals surface area contributed by atoms with Gasteiger partial charge in [0.15, 0.2) is 0 Å². The maximum atomic E-state index is 10.4.